The molecule has 0 aromatic carbocycles. The van der Waals surface area contributed by atoms with Gasteiger partial charge in [0.15, 0.2) is 15.6 Å². The number of sulfone groups is 1. The Kier molecular flexibility index (Phi) is 4.53. The van der Waals surface area contributed by atoms with Crippen molar-refractivity contribution >= 4 is 32.9 Å². The van der Waals surface area contributed by atoms with Gasteiger partial charge in [0.25, 0.3) is 0 Å². The summed E-state index contributed by atoms with van der Waals surface area (Å²) in [6.07, 6.45) is 0.666. The lowest BCUT2D eigenvalue weighted by Gasteiger charge is -2.23. The summed E-state index contributed by atoms with van der Waals surface area (Å²) in [6.45, 7) is 3.66. The van der Waals surface area contributed by atoms with Crippen molar-refractivity contribution < 1.29 is 18.0 Å². The molecule has 1 unspecified atom stereocenters. The number of thiophene rings is 1. The first kappa shape index (κ1) is 16.2. The zero-order valence-corrected chi connectivity index (χ0v) is 13.8. The molecule has 7 heteroatoms. The highest BCUT2D eigenvalue weighted by molar-refractivity contribution is 7.91. The van der Waals surface area contributed by atoms with Crippen LogP contribution in [0.15, 0.2) is 12.1 Å². The van der Waals surface area contributed by atoms with E-state index in [9.17, 15) is 18.0 Å². The lowest BCUT2D eigenvalue weighted by atomic mass is 10.0. The number of hydrogen-bond acceptors (Lipinski definition) is 5. The van der Waals surface area contributed by atoms with Crippen molar-refractivity contribution in [3.8, 4) is 0 Å². The van der Waals surface area contributed by atoms with E-state index >= 15 is 0 Å². The Balaban J connectivity index is 1.84. The van der Waals surface area contributed by atoms with E-state index in [1.807, 2.05) is 13.0 Å². The van der Waals surface area contributed by atoms with E-state index in [2.05, 4.69) is 5.32 Å². The first-order valence-electron chi connectivity index (χ1n) is 6.80. The van der Waals surface area contributed by atoms with Gasteiger partial charge in [-0.1, -0.05) is 0 Å². The van der Waals surface area contributed by atoms with E-state index in [-0.39, 0.29) is 36.0 Å². The van der Waals surface area contributed by atoms with Gasteiger partial charge in [0.05, 0.1) is 21.9 Å². The first-order valence-corrected chi connectivity index (χ1v) is 9.44. The summed E-state index contributed by atoms with van der Waals surface area (Å²) in [4.78, 5) is 25.5. The molecular formula is C14H19NO4S2. The van der Waals surface area contributed by atoms with E-state index in [0.717, 1.165) is 4.88 Å². The second kappa shape index (κ2) is 5.88. The van der Waals surface area contributed by atoms with Crippen LogP contribution in [0, 0.1) is 6.92 Å². The molecule has 116 valence electrons. The summed E-state index contributed by atoms with van der Waals surface area (Å²) in [5.74, 6) is -0.232. The maximum absolute atomic E-state index is 11.9. The van der Waals surface area contributed by atoms with Crippen LogP contribution in [0.3, 0.4) is 0 Å². The SMILES string of the molecule is Cc1ccc(C(=O)CCC(=O)NC2(C)CCS(=O)(=O)C2)s1. The standard InChI is InChI=1S/C14H19NO4S2/c1-10-3-5-12(20-10)11(16)4-6-13(17)15-14(2)7-8-21(18,19)9-14/h3,5H,4,6-9H2,1-2H3,(H,15,17). The summed E-state index contributed by atoms with van der Waals surface area (Å²) >= 11 is 1.42. The first-order chi connectivity index (χ1) is 9.69. The van der Waals surface area contributed by atoms with Crippen LogP contribution in [0.25, 0.3) is 0 Å². The largest absolute Gasteiger partial charge is 0.350 e. The third-order valence-electron chi connectivity index (χ3n) is 3.54. The molecule has 1 aliphatic heterocycles. The highest BCUT2D eigenvalue weighted by Crippen LogP contribution is 2.23. The number of aryl methyl sites for hydroxylation is 1. The van der Waals surface area contributed by atoms with Crippen molar-refractivity contribution in [2.75, 3.05) is 11.5 Å². The Labute approximate surface area is 128 Å². The number of nitrogens with one attached hydrogen (secondary N) is 1. The monoisotopic (exact) mass is 329 g/mol. The predicted molar refractivity (Wildman–Crippen MR) is 82.4 cm³/mol. The number of rotatable bonds is 5. The molecule has 0 radical (unpaired) electrons. The fourth-order valence-electron chi connectivity index (χ4n) is 2.44. The van der Waals surface area contributed by atoms with Crippen LogP contribution >= 0.6 is 11.3 Å². The molecule has 1 amide bonds. The van der Waals surface area contributed by atoms with Crippen molar-refractivity contribution in [3.05, 3.63) is 21.9 Å². The van der Waals surface area contributed by atoms with Crippen LogP contribution in [0.1, 0.15) is 40.7 Å². The van der Waals surface area contributed by atoms with Gasteiger partial charge in [0, 0.05) is 17.7 Å². The molecular weight excluding hydrogens is 310 g/mol. The van der Waals surface area contributed by atoms with Crippen molar-refractivity contribution in [1.82, 2.24) is 5.32 Å². The van der Waals surface area contributed by atoms with E-state index in [4.69, 9.17) is 0 Å². The molecule has 1 fully saturated rings. The molecule has 1 aromatic heterocycles. The Hall–Kier alpha value is -1.21. The quantitative estimate of drug-likeness (QED) is 0.834. The fraction of sp³-hybridized carbons (Fsp3) is 0.571. The van der Waals surface area contributed by atoms with Crippen LogP contribution in [0.4, 0.5) is 0 Å². The van der Waals surface area contributed by atoms with Gasteiger partial charge in [-0.2, -0.15) is 0 Å². The molecule has 0 spiro atoms. The lowest BCUT2D eigenvalue weighted by Crippen LogP contribution is -2.46. The van der Waals surface area contributed by atoms with Crippen LogP contribution in [0.2, 0.25) is 0 Å². The summed E-state index contributed by atoms with van der Waals surface area (Å²) in [6, 6.07) is 3.65. The molecule has 0 saturated carbocycles. The molecule has 1 aliphatic rings. The Morgan fingerprint density at radius 3 is 2.57 bits per heavy atom. The summed E-state index contributed by atoms with van der Waals surface area (Å²) in [5.41, 5.74) is -0.696. The zero-order valence-electron chi connectivity index (χ0n) is 12.1. The van der Waals surface area contributed by atoms with E-state index in [1.54, 1.807) is 13.0 Å². The second-order valence-corrected chi connectivity index (χ2v) is 9.26. The number of hydrogen-bond donors (Lipinski definition) is 1. The molecule has 1 N–H and O–H groups in total. The molecule has 2 heterocycles. The molecule has 0 bridgehead atoms. The summed E-state index contributed by atoms with van der Waals surface area (Å²) in [5, 5.41) is 2.76. The predicted octanol–water partition coefficient (Wildman–Crippen LogP) is 1.71. The fourth-order valence-corrected chi connectivity index (χ4v) is 5.37. The van der Waals surface area contributed by atoms with Crippen molar-refractivity contribution in [1.29, 1.82) is 0 Å². The van der Waals surface area contributed by atoms with Gasteiger partial charge >= 0.3 is 0 Å². The molecule has 1 saturated heterocycles. The van der Waals surface area contributed by atoms with E-state index < -0.39 is 15.4 Å². The van der Waals surface area contributed by atoms with Gasteiger partial charge in [0.2, 0.25) is 5.91 Å². The topological polar surface area (TPSA) is 80.3 Å². The highest BCUT2D eigenvalue weighted by Gasteiger charge is 2.39. The molecule has 5 nitrogen and oxygen atoms in total. The van der Waals surface area contributed by atoms with Gasteiger partial charge in [-0.25, -0.2) is 8.42 Å². The van der Waals surface area contributed by atoms with Crippen LogP contribution in [-0.2, 0) is 14.6 Å². The van der Waals surface area contributed by atoms with Crippen LogP contribution in [0.5, 0.6) is 0 Å². The average molecular weight is 329 g/mol. The number of amides is 1. The lowest BCUT2D eigenvalue weighted by molar-refractivity contribution is -0.122. The van der Waals surface area contributed by atoms with Gasteiger partial charge in [0.1, 0.15) is 0 Å². The maximum Gasteiger partial charge on any atom is 0.220 e. The Bertz CT molecular complexity index is 662. The summed E-state index contributed by atoms with van der Waals surface area (Å²) in [7, 11) is -3.05. The third-order valence-corrected chi connectivity index (χ3v) is 6.48. The average Bonchev–Trinajstić information content (AvgIpc) is 2.90. The van der Waals surface area contributed by atoms with Gasteiger partial charge in [-0.15, -0.1) is 11.3 Å². The number of Topliss-reactive ketones (excluding diaryl/α,β-unsaturated/α-hetero) is 1. The number of carbonyl (C=O) groups is 2. The third kappa shape index (κ3) is 4.38. The van der Waals surface area contributed by atoms with Crippen LogP contribution < -0.4 is 5.32 Å². The molecule has 2 rings (SSSR count). The van der Waals surface area contributed by atoms with Gasteiger partial charge in [-0.3, -0.25) is 9.59 Å². The smallest absolute Gasteiger partial charge is 0.220 e. The molecule has 0 aliphatic carbocycles. The minimum absolute atomic E-state index is 0.0240. The number of ketones is 1. The van der Waals surface area contributed by atoms with Crippen molar-refractivity contribution in [2.45, 2.75) is 38.6 Å². The van der Waals surface area contributed by atoms with Crippen molar-refractivity contribution in [2.24, 2.45) is 0 Å². The molecule has 21 heavy (non-hydrogen) atoms. The van der Waals surface area contributed by atoms with Gasteiger partial charge < -0.3 is 5.32 Å². The highest BCUT2D eigenvalue weighted by atomic mass is 32.2. The minimum atomic E-state index is -3.05. The minimum Gasteiger partial charge on any atom is -0.350 e. The number of carbonyl (C=O) groups excluding carboxylic acids is 2. The van der Waals surface area contributed by atoms with E-state index in [1.165, 1.54) is 11.3 Å². The normalized spacial score (nSPS) is 23.9. The van der Waals surface area contributed by atoms with Gasteiger partial charge in [-0.05, 0) is 32.4 Å². The summed E-state index contributed by atoms with van der Waals surface area (Å²) < 4.78 is 23.0. The second-order valence-electron chi connectivity index (χ2n) is 5.78. The Morgan fingerprint density at radius 2 is 2.05 bits per heavy atom. The van der Waals surface area contributed by atoms with Crippen molar-refractivity contribution in [3.63, 3.8) is 0 Å². The molecule has 1 aromatic rings. The maximum atomic E-state index is 11.9. The molecule has 1 atom stereocenters. The van der Waals surface area contributed by atoms with E-state index in [0.29, 0.717) is 11.3 Å². The Morgan fingerprint density at radius 1 is 1.33 bits per heavy atom. The zero-order chi connectivity index (χ0) is 15.7. The van der Waals surface area contributed by atoms with Crippen LogP contribution in [-0.4, -0.2) is 37.2 Å².